The minimum atomic E-state index is 0.0419. The molecule has 1 atom stereocenters. The Labute approximate surface area is 138 Å². The molecule has 1 aliphatic heterocycles. The van der Waals surface area contributed by atoms with E-state index in [-0.39, 0.29) is 12.5 Å². The van der Waals surface area contributed by atoms with Crippen molar-refractivity contribution in [3.05, 3.63) is 24.3 Å². The summed E-state index contributed by atoms with van der Waals surface area (Å²) < 4.78 is 16.1. The molecule has 1 aromatic carbocycles. The van der Waals surface area contributed by atoms with Crippen LogP contribution in [0.4, 0.5) is 0 Å². The summed E-state index contributed by atoms with van der Waals surface area (Å²) >= 11 is 0. The third-order valence-corrected chi connectivity index (χ3v) is 4.27. The van der Waals surface area contributed by atoms with E-state index in [2.05, 4.69) is 0 Å². The van der Waals surface area contributed by atoms with E-state index < -0.39 is 0 Å². The SMILES string of the molecule is COCCC1CCCCN(C(=O)COc2ccccc2OC)C1. The Morgan fingerprint density at radius 2 is 2.00 bits per heavy atom. The second kappa shape index (κ2) is 9.40. The lowest BCUT2D eigenvalue weighted by molar-refractivity contribution is -0.133. The van der Waals surface area contributed by atoms with Crippen LogP contribution in [0.5, 0.6) is 11.5 Å². The number of nitrogens with zero attached hydrogens (tertiary/aromatic N) is 1. The van der Waals surface area contributed by atoms with Crippen molar-refractivity contribution in [1.82, 2.24) is 4.90 Å². The molecule has 1 aliphatic rings. The van der Waals surface area contributed by atoms with E-state index in [4.69, 9.17) is 14.2 Å². The first-order valence-corrected chi connectivity index (χ1v) is 8.27. The molecule has 0 bridgehead atoms. The van der Waals surface area contributed by atoms with Crippen LogP contribution in [-0.2, 0) is 9.53 Å². The lowest BCUT2D eigenvalue weighted by atomic mass is 10.00. The van der Waals surface area contributed by atoms with Gasteiger partial charge in [0, 0.05) is 26.8 Å². The number of para-hydroxylation sites is 2. The lowest BCUT2D eigenvalue weighted by Gasteiger charge is -2.24. The number of ether oxygens (including phenoxy) is 3. The number of likely N-dealkylation sites (tertiary alicyclic amines) is 1. The maximum Gasteiger partial charge on any atom is 0.260 e. The molecule has 0 radical (unpaired) electrons. The molecule has 1 amide bonds. The molecule has 128 valence electrons. The molecule has 1 saturated heterocycles. The maximum absolute atomic E-state index is 12.5. The van der Waals surface area contributed by atoms with Crippen LogP contribution in [0.1, 0.15) is 25.7 Å². The van der Waals surface area contributed by atoms with Crippen molar-refractivity contribution in [1.29, 1.82) is 0 Å². The minimum Gasteiger partial charge on any atom is -0.493 e. The van der Waals surface area contributed by atoms with Crippen LogP contribution >= 0.6 is 0 Å². The quantitative estimate of drug-likeness (QED) is 0.775. The van der Waals surface area contributed by atoms with Gasteiger partial charge < -0.3 is 19.1 Å². The van der Waals surface area contributed by atoms with Crippen molar-refractivity contribution >= 4 is 5.91 Å². The van der Waals surface area contributed by atoms with Crippen molar-refractivity contribution in [3.8, 4) is 11.5 Å². The van der Waals surface area contributed by atoms with Crippen LogP contribution in [-0.4, -0.2) is 51.3 Å². The second-order valence-corrected chi connectivity index (χ2v) is 5.92. The first-order chi connectivity index (χ1) is 11.2. The van der Waals surface area contributed by atoms with E-state index in [0.717, 1.165) is 32.5 Å². The molecule has 0 aliphatic carbocycles. The third-order valence-electron chi connectivity index (χ3n) is 4.27. The van der Waals surface area contributed by atoms with Crippen LogP contribution in [0.25, 0.3) is 0 Å². The van der Waals surface area contributed by atoms with Crippen LogP contribution in [0.15, 0.2) is 24.3 Å². The number of amides is 1. The van der Waals surface area contributed by atoms with E-state index >= 15 is 0 Å². The highest BCUT2D eigenvalue weighted by molar-refractivity contribution is 5.77. The molecule has 0 spiro atoms. The molecule has 1 fully saturated rings. The van der Waals surface area contributed by atoms with Crippen molar-refractivity contribution in [2.24, 2.45) is 5.92 Å². The molecule has 0 aromatic heterocycles. The Morgan fingerprint density at radius 3 is 2.74 bits per heavy atom. The number of hydrogen-bond acceptors (Lipinski definition) is 4. The second-order valence-electron chi connectivity index (χ2n) is 5.92. The Bertz CT molecular complexity index is 492. The van der Waals surface area contributed by atoms with Crippen molar-refractivity contribution in [2.45, 2.75) is 25.7 Å². The monoisotopic (exact) mass is 321 g/mol. The molecule has 1 heterocycles. The standard InChI is InChI=1S/C18H27NO4/c1-21-12-10-15-7-5-6-11-19(13-15)18(20)14-23-17-9-4-3-8-16(17)22-2/h3-4,8-9,15H,5-7,10-14H2,1-2H3. The zero-order chi connectivity index (χ0) is 16.5. The highest BCUT2D eigenvalue weighted by Gasteiger charge is 2.22. The average Bonchev–Trinajstić information content (AvgIpc) is 2.83. The maximum atomic E-state index is 12.5. The van der Waals surface area contributed by atoms with Gasteiger partial charge >= 0.3 is 0 Å². The fraction of sp³-hybridized carbons (Fsp3) is 0.611. The Morgan fingerprint density at radius 1 is 1.22 bits per heavy atom. The molecule has 0 N–H and O–H groups in total. The van der Waals surface area contributed by atoms with E-state index in [1.54, 1.807) is 14.2 Å². The number of rotatable bonds is 7. The predicted octanol–water partition coefficient (Wildman–Crippen LogP) is 2.74. The average molecular weight is 321 g/mol. The zero-order valence-corrected chi connectivity index (χ0v) is 14.1. The van der Waals surface area contributed by atoms with E-state index in [9.17, 15) is 4.79 Å². The van der Waals surface area contributed by atoms with Crippen LogP contribution in [0.3, 0.4) is 0 Å². The molecule has 5 heteroatoms. The fourth-order valence-corrected chi connectivity index (χ4v) is 2.95. The summed E-state index contributed by atoms with van der Waals surface area (Å²) in [6, 6.07) is 7.39. The van der Waals surface area contributed by atoms with E-state index in [1.165, 1.54) is 12.8 Å². The summed E-state index contributed by atoms with van der Waals surface area (Å²) in [6.45, 7) is 2.43. The number of benzene rings is 1. The lowest BCUT2D eigenvalue weighted by Crippen LogP contribution is -2.38. The van der Waals surface area contributed by atoms with E-state index in [0.29, 0.717) is 17.4 Å². The Balaban J connectivity index is 1.88. The first-order valence-electron chi connectivity index (χ1n) is 8.27. The van der Waals surface area contributed by atoms with Gasteiger partial charge in [0.05, 0.1) is 7.11 Å². The van der Waals surface area contributed by atoms with Crippen molar-refractivity contribution < 1.29 is 19.0 Å². The molecule has 5 nitrogen and oxygen atoms in total. The van der Waals surface area contributed by atoms with Gasteiger partial charge in [-0.1, -0.05) is 18.6 Å². The molecule has 1 aromatic rings. The van der Waals surface area contributed by atoms with Crippen LogP contribution in [0.2, 0.25) is 0 Å². The molecular weight excluding hydrogens is 294 g/mol. The summed E-state index contributed by atoms with van der Waals surface area (Å²) in [6.07, 6.45) is 4.41. The normalized spacial score (nSPS) is 18.3. The summed E-state index contributed by atoms with van der Waals surface area (Å²) in [5, 5.41) is 0. The van der Waals surface area contributed by atoms with E-state index in [1.807, 2.05) is 29.2 Å². The molecular formula is C18H27NO4. The van der Waals surface area contributed by atoms with Gasteiger partial charge in [-0.05, 0) is 37.3 Å². The van der Waals surface area contributed by atoms with Gasteiger partial charge in [-0.2, -0.15) is 0 Å². The summed E-state index contributed by atoms with van der Waals surface area (Å²) in [5.41, 5.74) is 0. The van der Waals surface area contributed by atoms with Gasteiger partial charge in [-0.25, -0.2) is 0 Å². The van der Waals surface area contributed by atoms with Gasteiger partial charge in [0.15, 0.2) is 18.1 Å². The molecule has 1 unspecified atom stereocenters. The number of methoxy groups -OCH3 is 2. The van der Waals surface area contributed by atoms with Gasteiger partial charge in [0.1, 0.15) is 0 Å². The largest absolute Gasteiger partial charge is 0.493 e. The number of hydrogen-bond donors (Lipinski definition) is 0. The highest BCUT2D eigenvalue weighted by Crippen LogP contribution is 2.26. The summed E-state index contributed by atoms with van der Waals surface area (Å²) in [4.78, 5) is 14.4. The predicted molar refractivity (Wildman–Crippen MR) is 88.9 cm³/mol. The Kier molecular flexibility index (Phi) is 7.20. The molecule has 0 saturated carbocycles. The minimum absolute atomic E-state index is 0.0419. The van der Waals surface area contributed by atoms with Crippen molar-refractivity contribution in [3.63, 3.8) is 0 Å². The Hall–Kier alpha value is -1.75. The van der Waals surface area contributed by atoms with Gasteiger partial charge in [0.25, 0.3) is 5.91 Å². The summed E-state index contributed by atoms with van der Waals surface area (Å²) in [5.74, 6) is 1.82. The first kappa shape index (κ1) is 17.6. The fourth-order valence-electron chi connectivity index (χ4n) is 2.95. The number of carbonyl (C=O) groups is 1. The van der Waals surface area contributed by atoms with Crippen LogP contribution < -0.4 is 9.47 Å². The third kappa shape index (κ3) is 5.43. The molecule has 2 rings (SSSR count). The summed E-state index contributed by atoms with van der Waals surface area (Å²) in [7, 11) is 3.32. The number of carbonyl (C=O) groups excluding carboxylic acids is 1. The van der Waals surface area contributed by atoms with Gasteiger partial charge in [0.2, 0.25) is 0 Å². The highest BCUT2D eigenvalue weighted by atomic mass is 16.5. The molecule has 23 heavy (non-hydrogen) atoms. The van der Waals surface area contributed by atoms with Gasteiger partial charge in [-0.15, -0.1) is 0 Å². The van der Waals surface area contributed by atoms with Gasteiger partial charge in [-0.3, -0.25) is 4.79 Å². The smallest absolute Gasteiger partial charge is 0.260 e. The van der Waals surface area contributed by atoms with Crippen molar-refractivity contribution in [2.75, 3.05) is 40.5 Å². The topological polar surface area (TPSA) is 48.0 Å². The zero-order valence-electron chi connectivity index (χ0n) is 14.1. The van der Waals surface area contributed by atoms with Crippen LogP contribution in [0, 0.1) is 5.92 Å².